The van der Waals surface area contributed by atoms with Crippen molar-refractivity contribution in [2.75, 3.05) is 6.61 Å². The Labute approximate surface area is 137 Å². The summed E-state index contributed by atoms with van der Waals surface area (Å²) in [6, 6.07) is 8.70. The van der Waals surface area contributed by atoms with Crippen LogP contribution in [0.25, 0.3) is 0 Å². The van der Waals surface area contributed by atoms with Gasteiger partial charge in [0.15, 0.2) is 0 Å². The SMILES string of the molecule is CC=CCOc1ccc(C(=O)Oc2ccc(C#N)c(F)c2)c(F)c1. The summed E-state index contributed by atoms with van der Waals surface area (Å²) in [7, 11) is 0. The van der Waals surface area contributed by atoms with Crippen molar-refractivity contribution in [1.82, 2.24) is 0 Å². The monoisotopic (exact) mass is 329 g/mol. The van der Waals surface area contributed by atoms with Gasteiger partial charge in [0.1, 0.15) is 35.8 Å². The highest BCUT2D eigenvalue weighted by Gasteiger charge is 2.16. The molecule has 2 aromatic carbocycles. The lowest BCUT2D eigenvalue weighted by atomic mass is 10.2. The van der Waals surface area contributed by atoms with Gasteiger partial charge in [-0.05, 0) is 31.2 Å². The molecule has 2 rings (SSSR count). The van der Waals surface area contributed by atoms with E-state index in [2.05, 4.69) is 0 Å². The molecule has 0 atom stereocenters. The minimum Gasteiger partial charge on any atom is -0.489 e. The molecule has 0 aliphatic carbocycles. The number of nitriles is 1. The van der Waals surface area contributed by atoms with E-state index >= 15 is 0 Å². The topological polar surface area (TPSA) is 59.3 Å². The fourth-order valence-corrected chi connectivity index (χ4v) is 1.80. The molecular weight excluding hydrogens is 316 g/mol. The lowest BCUT2D eigenvalue weighted by molar-refractivity contribution is 0.0729. The van der Waals surface area contributed by atoms with Gasteiger partial charge in [0.25, 0.3) is 0 Å². The molecule has 122 valence electrons. The highest BCUT2D eigenvalue weighted by atomic mass is 19.1. The average Bonchev–Trinajstić information content (AvgIpc) is 2.55. The lowest BCUT2D eigenvalue weighted by Crippen LogP contribution is -2.11. The van der Waals surface area contributed by atoms with Crippen molar-refractivity contribution in [1.29, 1.82) is 5.26 Å². The van der Waals surface area contributed by atoms with Crippen molar-refractivity contribution in [3.8, 4) is 17.6 Å². The highest BCUT2D eigenvalue weighted by molar-refractivity contribution is 5.91. The fraction of sp³-hybridized carbons (Fsp3) is 0.111. The number of hydrogen-bond donors (Lipinski definition) is 0. The van der Waals surface area contributed by atoms with Crippen LogP contribution >= 0.6 is 0 Å². The molecule has 0 N–H and O–H groups in total. The van der Waals surface area contributed by atoms with Gasteiger partial charge in [0.2, 0.25) is 0 Å². The number of esters is 1. The Morgan fingerprint density at radius 1 is 1.17 bits per heavy atom. The number of carbonyl (C=O) groups excluding carboxylic acids is 1. The van der Waals surface area contributed by atoms with Crippen molar-refractivity contribution in [2.45, 2.75) is 6.92 Å². The molecule has 0 saturated heterocycles. The number of benzene rings is 2. The van der Waals surface area contributed by atoms with Gasteiger partial charge < -0.3 is 9.47 Å². The van der Waals surface area contributed by atoms with Crippen molar-refractivity contribution in [2.24, 2.45) is 0 Å². The lowest BCUT2D eigenvalue weighted by Gasteiger charge is -2.08. The van der Waals surface area contributed by atoms with Crippen LogP contribution in [-0.4, -0.2) is 12.6 Å². The molecule has 0 heterocycles. The second-order valence-electron chi connectivity index (χ2n) is 4.66. The van der Waals surface area contributed by atoms with Gasteiger partial charge in [-0.25, -0.2) is 13.6 Å². The second kappa shape index (κ2) is 7.88. The summed E-state index contributed by atoms with van der Waals surface area (Å²) in [6.07, 6.45) is 3.54. The maximum Gasteiger partial charge on any atom is 0.346 e. The molecule has 0 bridgehead atoms. The quantitative estimate of drug-likeness (QED) is 0.472. The Bertz CT molecular complexity index is 825. The second-order valence-corrected chi connectivity index (χ2v) is 4.66. The van der Waals surface area contributed by atoms with Gasteiger partial charge in [-0.2, -0.15) is 5.26 Å². The summed E-state index contributed by atoms with van der Waals surface area (Å²) in [6.45, 7) is 2.11. The van der Waals surface area contributed by atoms with Crippen LogP contribution in [0.2, 0.25) is 0 Å². The number of hydrogen-bond acceptors (Lipinski definition) is 4. The summed E-state index contributed by atoms with van der Waals surface area (Å²) in [5.74, 6) is -2.46. The molecule has 6 heteroatoms. The van der Waals surface area contributed by atoms with Crippen LogP contribution in [0.5, 0.6) is 11.5 Å². The van der Waals surface area contributed by atoms with Crippen LogP contribution in [0.3, 0.4) is 0 Å². The zero-order valence-electron chi connectivity index (χ0n) is 12.8. The normalized spacial score (nSPS) is 10.4. The molecule has 0 amide bonds. The van der Waals surface area contributed by atoms with Crippen molar-refractivity contribution >= 4 is 5.97 Å². The Balaban J connectivity index is 2.12. The molecule has 0 spiro atoms. The van der Waals surface area contributed by atoms with Crippen LogP contribution < -0.4 is 9.47 Å². The van der Waals surface area contributed by atoms with Crippen molar-refractivity contribution in [3.63, 3.8) is 0 Å². The third kappa shape index (κ3) is 4.17. The first-order valence-electron chi connectivity index (χ1n) is 7.00. The molecule has 4 nitrogen and oxygen atoms in total. The predicted molar refractivity (Wildman–Crippen MR) is 82.8 cm³/mol. The summed E-state index contributed by atoms with van der Waals surface area (Å²) in [4.78, 5) is 12.0. The molecule has 2 aromatic rings. The average molecular weight is 329 g/mol. The van der Waals surface area contributed by atoms with Gasteiger partial charge in [0, 0.05) is 12.1 Å². The number of rotatable bonds is 5. The molecule has 0 aromatic heterocycles. The standard InChI is InChI=1S/C18H13F2NO3/c1-2-3-8-23-13-6-7-15(17(20)9-13)18(22)24-14-5-4-12(11-21)16(19)10-14/h2-7,9-10H,8H2,1H3. The molecule has 0 unspecified atom stereocenters. The van der Waals surface area contributed by atoms with Crippen LogP contribution in [-0.2, 0) is 0 Å². The largest absolute Gasteiger partial charge is 0.489 e. The van der Waals surface area contributed by atoms with Crippen LogP contribution in [0, 0.1) is 23.0 Å². The van der Waals surface area contributed by atoms with E-state index in [0.29, 0.717) is 0 Å². The van der Waals surface area contributed by atoms with Gasteiger partial charge in [-0.3, -0.25) is 0 Å². The first kappa shape index (κ1) is 17.2. The number of halogens is 2. The highest BCUT2D eigenvalue weighted by Crippen LogP contribution is 2.21. The number of nitrogens with zero attached hydrogens (tertiary/aromatic N) is 1. The third-order valence-corrected chi connectivity index (χ3v) is 3.01. The Kier molecular flexibility index (Phi) is 5.63. The Morgan fingerprint density at radius 2 is 1.88 bits per heavy atom. The smallest absolute Gasteiger partial charge is 0.346 e. The molecule has 24 heavy (non-hydrogen) atoms. The summed E-state index contributed by atoms with van der Waals surface area (Å²) in [5.41, 5.74) is -0.484. The Hall–Kier alpha value is -3.20. The van der Waals surface area contributed by atoms with Crippen molar-refractivity contribution in [3.05, 3.63) is 71.3 Å². The van der Waals surface area contributed by atoms with E-state index < -0.39 is 17.6 Å². The molecule has 0 radical (unpaired) electrons. The summed E-state index contributed by atoms with van der Waals surface area (Å²) in [5, 5.41) is 8.65. The van der Waals surface area contributed by atoms with Crippen LogP contribution in [0.15, 0.2) is 48.6 Å². The fourth-order valence-electron chi connectivity index (χ4n) is 1.80. The molecule has 0 aliphatic rings. The van der Waals surface area contributed by atoms with Gasteiger partial charge >= 0.3 is 5.97 Å². The maximum absolute atomic E-state index is 14.0. The molecular formula is C18H13F2NO3. The Morgan fingerprint density at radius 3 is 2.50 bits per heavy atom. The molecule has 0 fully saturated rings. The van der Waals surface area contributed by atoms with Gasteiger partial charge in [0.05, 0.1) is 11.1 Å². The van der Waals surface area contributed by atoms with E-state index in [0.717, 1.165) is 12.1 Å². The summed E-state index contributed by atoms with van der Waals surface area (Å²) >= 11 is 0. The first-order chi connectivity index (χ1) is 11.5. The van der Waals surface area contributed by atoms with Gasteiger partial charge in [-0.1, -0.05) is 12.2 Å². The van der Waals surface area contributed by atoms with Gasteiger partial charge in [-0.15, -0.1) is 0 Å². The third-order valence-electron chi connectivity index (χ3n) is 3.01. The predicted octanol–water partition coefficient (Wildman–Crippen LogP) is 4.01. The zero-order valence-corrected chi connectivity index (χ0v) is 12.8. The van der Waals surface area contributed by atoms with E-state index in [1.54, 1.807) is 18.2 Å². The minimum absolute atomic E-state index is 0.121. The first-order valence-corrected chi connectivity index (χ1v) is 7.00. The number of ether oxygens (including phenoxy) is 2. The maximum atomic E-state index is 14.0. The zero-order chi connectivity index (χ0) is 17.5. The number of allylic oxidation sites excluding steroid dienone is 1. The van der Waals surface area contributed by atoms with E-state index in [1.807, 2.05) is 6.92 Å². The summed E-state index contributed by atoms with van der Waals surface area (Å²) < 4.78 is 37.6. The van der Waals surface area contributed by atoms with Crippen LogP contribution in [0.4, 0.5) is 8.78 Å². The van der Waals surface area contributed by atoms with Crippen LogP contribution in [0.1, 0.15) is 22.8 Å². The molecule has 0 saturated carbocycles. The minimum atomic E-state index is -0.975. The van der Waals surface area contributed by atoms with E-state index in [4.69, 9.17) is 14.7 Å². The van der Waals surface area contributed by atoms with Crippen molar-refractivity contribution < 1.29 is 23.0 Å². The molecule has 0 aliphatic heterocycles. The number of carbonyl (C=O) groups is 1. The van der Waals surface area contributed by atoms with E-state index in [9.17, 15) is 13.6 Å². The van der Waals surface area contributed by atoms with E-state index in [-0.39, 0.29) is 29.2 Å². The van der Waals surface area contributed by atoms with E-state index in [1.165, 1.54) is 24.3 Å².